The van der Waals surface area contributed by atoms with E-state index in [4.69, 9.17) is 9.47 Å². The molecule has 0 saturated carbocycles. The molecule has 0 aromatic carbocycles. The summed E-state index contributed by atoms with van der Waals surface area (Å²) in [6.07, 6.45) is -0.137. The van der Waals surface area contributed by atoms with Crippen molar-refractivity contribution < 1.29 is 28.7 Å². The van der Waals surface area contributed by atoms with Gasteiger partial charge in [-0.2, -0.15) is 0 Å². The zero-order chi connectivity index (χ0) is 25.2. The van der Waals surface area contributed by atoms with E-state index >= 15 is 0 Å². The molecule has 9 nitrogen and oxygen atoms in total. The second-order valence-electron chi connectivity index (χ2n) is 10.1. The molecule has 0 heterocycles. The van der Waals surface area contributed by atoms with Gasteiger partial charge in [0.1, 0.15) is 17.7 Å². The van der Waals surface area contributed by atoms with Gasteiger partial charge in [-0.15, -0.1) is 0 Å². The van der Waals surface area contributed by atoms with Crippen molar-refractivity contribution >= 4 is 23.9 Å². The first-order chi connectivity index (χ1) is 14.6. The van der Waals surface area contributed by atoms with Gasteiger partial charge in [0.25, 0.3) is 0 Å². The fourth-order valence-electron chi connectivity index (χ4n) is 2.97. The van der Waals surface area contributed by atoms with Crippen LogP contribution in [-0.4, -0.2) is 54.7 Å². The summed E-state index contributed by atoms with van der Waals surface area (Å²) in [7, 11) is 1.28. The molecule has 3 amide bonds. The van der Waals surface area contributed by atoms with Crippen molar-refractivity contribution in [3.8, 4) is 0 Å². The molecule has 3 N–H and O–H groups in total. The molecule has 32 heavy (non-hydrogen) atoms. The predicted molar refractivity (Wildman–Crippen MR) is 123 cm³/mol. The van der Waals surface area contributed by atoms with Crippen LogP contribution in [0.4, 0.5) is 4.79 Å². The first-order valence-electron chi connectivity index (χ1n) is 11.3. The lowest BCUT2D eigenvalue weighted by Crippen LogP contribution is -2.54. The van der Waals surface area contributed by atoms with E-state index < -0.39 is 29.7 Å². The van der Waals surface area contributed by atoms with Gasteiger partial charge in [-0.25, -0.2) is 9.59 Å². The van der Waals surface area contributed by atoms with Crippen molar-refractivity contribution in [2.45, 2.75) is 98.9 Å². The number of rotatable bonds is 11. The number of amides is 3. The molecule has 0 aromatic rings. The van der Waals surface area contributed by atoms with Crippen LogP contribution in [0.15, 0.2) is 0 Å². The number of hydrogen-bond donors (Lipinski definition) is 3. The molecule has 3 atom stereocenters. The molecular formula is C23H43N3O6. The fraction of sp³-hybridized carbons (Fsp3) is 0.826. The molecule has 0 fully saturated rings. The third-order valence-electron chi connectivity index (χ3n) is 4.87. The summed E-state index contributed by atoms with van der Waals surface area (Å²) < 4.78 is 10.0. The highest BCUT2D eigenvalue weighted by Gasteiger charge is 2.30. The van der Waals surface area contributed by atoms with Crippen LogP contribution >= 0.6 is 0 Å². The van der Waals surface area contributed by atoms with Crippen LogP contribution in [0.25, 0.3) is 0 Å². The first kappa shape index (κ1) is 29.7. The maximum Gasteiger partial charge on any atom is 0.408 e. The number of methoxy groups -OCH3 is 1. The van der Waals surface area contributed by atoms with Crippen LogP contribution in [0, 0.1) is 17.8 Å². The normalized spacial score (nSPS) is 14.5. The van der Waals surface area contributed by atoms with Crippen LogP contribution < -0.4 is 16.0 Å². The molecule has 0 saturated heterocycles. The Morgan fingerprint density at radius 1 is 0.781 bits per heavy atom. The Kier molecular flexibility index (Phi) is 12.3. The van der Waals surface area contributed by atoms with E-state index in [1.807, 2.05) is 41.5 Å². The molecule has 0 aromatic heterocycles. The monoisotopic (exact) mass is 457 g/mol. The molecule has 186 valence electrons. The number of nitrogens with one attached hydrogen (secondary N) is 3. The highest BCUT2D eigenvalue weighted by atomic mass is 16.6. The van der Waals surface area contributed by atoms with Gasteiger partial charge in [0.05, 0.1) is 7.11 Å². The van der Waals surface area contributed by atoms with E-state index in [9.17, 15) is 19.2 Å². The summed E-state index contributed by atoms with van der Waals surface area (Å²) in [6, 6.07) is -1.78. The van der Waals surface area contributed by atoms with Gasteiger partial charge in [0.2, 0.25) is 11.8 Å². The van der Waals surface area contributed by atoms with Crippen molar-refractivity contribution in [2.24, 2.45) is 17.8 Å². The maximum absolute atomic E-state index is 12.9. The fourth-order valence-corrected chi connectivity index (χ4v) is 2.97. The van der Waals surface area contributed by atoms with Crippen molar-refractivity contribution in [2.75, 3.05) is 7.11 Å². The van der Waals surface area contributed by atoms with Crippen LogP contribution in [0.5, 0.6) is 0 Å². The lowest BCUT2D eigenvalue weighted by Gasteiger charge is -2.29. The van der Waals surface area contributed by atoms with Gasteiger partial charge in [0.15, 0.2) is 0 Å². The molecular weight excluding hydrogens is 414 g/mol. The van der Waals surface area contributed by atoms with Gasteiger partial charge in [-0.1, -0.05) is 41.5 Å². The Morgan fingerprint density at radius 3 is 1.72 bits per heavy atom. The Balaban J connectivity index is 5.05. The van der Waals surface area contributed by atoms with E-state index in [0.29, 0.717) is 6.42 Å². The minimum Gasteiger partial charge on any atom is -0.467 e. The first-order valence-corrected chi connectivity index (χ1v) is 11.3. The van der Waals surface area contributed by atoms with Gasteiger partial charge in [-0.05, 0) is 44.9 Å². The average Bonchev–Trinajstić information content (AvgIpc) is 2.64. The number of carbonyl (C=O) groups is 4. The summed E-state index contributed by atoms with van der Waals surface area (Å²) in [6.45, 7) is 16.4. The largest absolute Gasteiger partial charge is 0.467 e. The Labute approximate surface area is 192 Å². The van der Waals surface area contributed by atoms with Crippen LogP contribution in [0.2, 0.25) is 0 Å². The minimum absolute atomic E-state index is 0.0580. The van der Waals surface area contributed by atoms with Crippen molar-refractivity contribution in [1.82, 2.24) is 16.0 Å². The van der Waals surface area contributed by atoms with Crippen LogP contribution in [0.3, 0.4) is 0 Å². The van der Waals surface area contributed by atoms with Gasteiger partial charge in [-0.3, -0.25) is 9.59 Å². The predicted octanol–water partition coefficient (Wildman–Crippen LogP) is 2.77. The summed E-state index contributed by atoms with van der Waals surface area (Å²) in [5.41, 5.74) is -0.673. The molecule has 0 radical (unpaired) electrons. The molecule has 9 heteroatoms. The number of hydrogen-bond acceptors (Lipinski definition) is 6. The Morgan fingerprint density at radius 2 is 1.31 bits per heavy atom. The third-order valence-corrected chi connectivity index (χ3v) is 4.87. The lowest BCUT2D eigenvalue weighted by molar-refractivity contribution is -0.146. The molecule has 0 unspecified atom stereocenters. The number of esters is 1. The summed E-state index contributed by atoms with van der Waals surface area (Å²) in [5, 5.41) is 8.29. The molecule has 0 aliphatic rings. The smallest absolute Gasteiger partial charge is 0.408 e. The van der Waals surface area contributed by atoms with Crippen LogP contribution in [0.1, 0.15) is 75.2 Å². The number of carbonyl (C=O) groups excluding carboxylic acids is 4. The van der Waals surface area contributed by atoms with E-state index in [0.717, 1.165) is 0 Å². The van der Waals surface area contributed by atoms with Crippen molar-refractivity contribution in [3.05, 3.63) is 0 Å². The summed E-state index contributed by atoms with van der Waals surface area (Å²) >= 11 is 0. The van der Waals surface area contributed by atoms with Gasteiger partial charge >= 0.3 is 12.1 Å². The molecule has 0 bridgehead atoms. The van der Waals surface area contributed by atoms with E-state index in [1.165, 1.54) is 7.11 Å². The quantitative estimate of drug-likeness (QED) is 0.410. The number of alkyl carbamates (subject to hydrolysis) is 1. The Bertz CT molecular complexity index is 640. The van der Waals surface area contributed by atoms with E-state index in [2.05, 4.69) is 16.0 Å². The minimum atomic E-state index is -0.774. The third kappa shape index (κ3) is 11.3. The maximum atomic E-state index is 12.9. The van der Waals surface area contributed by atoms with Crippen molar-refractivity contribution in [1.29, 1.82) is 0 Å². The topological polar surface area (TPSA) is 123 Å². The lowest BCUT2D eigenvalue weighted by atomic mass is 9.96. The highest BCUT2D eigenvalue weighted by Crippen LogP contribution is 2.13. The second kappa shape index (κ2) is 13.3. The molecule has 0 aliphatic carbocycles. The van der Waals surface area contributed by atoms with E-state index in [-0.39, 0.29) is 42.0 Å². The second-order valence-corrected chi connectivity index (χ2v) is 10.1. The average molecular weight is 458 g/mol. The zero-order valence-electron chi connectivity index (χ0n) is 21.3. The summed E-state index contributed by atoms with van der Waals surface area (Å²) in [4.78, 5) is 49.3. The molecule has 0 spiro atoms. The highest BCUT2D eigenvalue weighted by molar-refractivity contribution is 5.86. The SMILES string of the molecule is COC(=O)[C@@H](NC(=O)CC[C@H](NC(=O)[C@@H](NC(=O)OC(C)(C)C)C(C)C)C(C)C)C(C)C. The van der Waals surface area contributed by atoms with E-state index in [1.54, 1.807) is 20.8 Å². The van der Waals surface area contributed by atoms with Gasteiger partial charge in [0, 0.05) is 12.5 Å². The zero-order valence-corrected chi connectivity index (χ0v) is 21.3. The van der Waals surface area contributed by atoms with Crippen LogP contribution in [-0.2, 0) is 23.9 Å². The van der Waals surface area contributed by atoms with Crippen molar-refractivity contribution in [3.63, 3.8) is 0 Å². The molecule has 0 rings (SSSR count). The Hall–Kier alpha value is -2.32. The standard InChI is InChI=1S/C23H43N3O6/c1-13(2)16(11-12-17(27)25-19(15(5)6)21(29)31-10)24-20(28)18(14(3)4)26-22(30)32-23(7,8)9/h13-16,18-19H,11-12H2,1-10H3,(H,24,28)(H,25,27)(H,26,30)/t16-,18-,19-/m0/s1. The summed E-state index contributed by atoms with van der Waals surface area (Å²) in [5.74, 6) is -1.33. The number of ether oxygens (including phenoxy) is 2. The van der Waals surface area contributed by atoms with Gasteiger partial charge < -0.3 is 25.4 Å². The molecule has 0 aliphatic heterocycles.